The first-order chi connectivity index (χ1) is 16.1. The zero-order valence-corrected chi connectivity index (χ0v) is 20.8. The molecule has 0 aliphatic carbocycles. The number of carbonyl (C=O) groups is 2. The molecule has 11 heteroatoms. The summed E-state index contributed by atoms with van der Waals surface area (Å²) in [4.78, 5) is 22.9. The van der Waals surface area contributed by atoms with Crippen molar-refractivity contribution in [3.8, 4) is 23.0 Å². The highest BCUT2D eigenvalue weighted by Gasteiger charge is 2.16. The largest absolute Gasteiger partial charge is 0.496 e. The number of carbonyl (C=O) groups excluding carboxylic acids is 2. The molecule has 0 heterocycles. The molecule has 1 amide bonds. The number of halogens is 1. The molecule has 2 aromatic rings. The van der Waals surface area contributed by atoms with Crippen LogP contribution in [0.15, 0.2) is 35.7 Å². The maximum atomic E-state index is 12.8. The SMILES string of the molecule is COc1cc(OC)c(/C=C\S(=O)(=O)Cc2ccc(OC)c(NC(=O)CCC(=O)Cl)c2)c(OC)c1. The first kappa shape index (κ1) is 27.0. The molecule has 2 aromatic carbocycles. The molecule has 0 spiro atoms. The fraction of sp³-hybridized carbons (Fsp3) is 0.304. The van der Waals surface area contributed by atoms with Gasteiger partial charge in [0.25, 0.3) is 0 Å². The molecular formula is C23H26ClNO8S. The molecule has 0 saturated carbocycles. The summed E-state index contributed by atoms with van der Waals surface area (Å²) in [6.07, 6.45) is 1.16. The second-order valence-corrected chi connectivity index (χ2v) is 9.30. The summed E-state index contributed by atoms with van der Waals surface area (Å²) in [6, 6.07) is 7.86. The summed E-state index contributed by atoms with van der Waals surface area (Å²) in [7, 11) is 2.10. The Labute approximate surface area is 203 Å². The Bertz CT molecular complexity index is 1150. The Morgan fingerprint density at radius 2 is 1.53 bits per heavy atom. The average molecular weight is 512 g/mol. The number of methoxy groups -OCH3 is 4. The van der Waals surface area contributed by atoms with Crippen LogP contribution in [-0.2, 0) is 25.2 Å². The van der Waals surface area contributed by atoms with Crippen molar-refractivity contribution in [3.05, 3.63) is 46.9 Å². The standard InChI is InChI=1S/C23H26ClNO8S/c1-30-16-12-20(32-3)17(21(13-16)33-4)9-10-34(28,29)14-15-5-6-19(31-2)18(11-15)25-23(27)8-7-22(24)26/h5-6,9-13H,7-8,14H2,1-4H3,(H,25,27)/b10-9-. The summed E-state index contributed by atoms with van der Waals surface area (Å²) < 4.78 is 46.7. The van der Waals surface area contributed by atoms with Gasteiger partial charge in [-0.3, -0.25) is 9.59 Å². The molecule has 0 bridgehead atoms. The van der Waals surface area contributed by atoms with Crippen LogP contribution in [-0.4, -0.2) is 48.0 Å². The highest BCUT2D eigenvalue weighted by molar-refractivity contribution is 7.93. The minimum Gasteiger partial charge on any atom is -0.496 e. The van der Waals surface area contributed by atoms with E-state index in [1.54, 1.807) is 24.3 Å². The van der Waals surface area contributed by atoms with Gasteiger partial charge < -0.3 is 24.3 Å². The smallest absolute Gasteiger partial charge is 0.224 e. The average Bonchev–Trinajstić information content (AvgIpc) is 2.80. The Kier molecular flexibility index (Phi) is 9.76. The first-order valence-electron chi connectivity index (χ1n) is 9.98. The van der Waals surface area contributed by atoms with Crippen molar-refractivity contribution in [2.24, 2.45) is 0 Å². The van der Waals surface area contributed by atoms with Gasteiger partial charge in [-0.15, -0.1) is 0 Å². The van der Waals surface area contributed by atoms with Gasteiger partial charge in [-0.25, -0.2) is 8.42 Å². The van der Waals surface area contributed by atoms with E-state index in [1.807, 2.05) is 0 Å². The summed E-state index contributed by atoms with van der Waals surface area (Å²) in [5.41, 5.74) is 1.14. The highest BCUT2D eigenvalue weighted by atomic mass is 35.5. The van der Waals surface area contributed by atoms with Gasteiger partial charge in [0.1, 0.15) is 23.0 Å². The summed E-state index contributed by atoms with van der Waals surface area (Å²) in [5, 5.41) is 3.05. The van der Waals surface area contributed by atoms with Gasteiger partial charge in [-0.05, 0) is 35.4 Å². The molecule has 0 atom stereocenters. The van der Waals surface area contributed by atoms with Crippen LogP contribution >= 0.6 is 11.6 Å². The molecule has 0 unspecified atom stereocenters. The zero-order chi connectivity index (χ0) is 25.3. The quantitative estimate of drug-likeness (QED) is 0.428. The number of benzene rings is 2. The molecule has 34 heavy (non-hydrogen) atoms. The predicted molar refractivity (Wildman–Crippen MR) is 129 cm³/mol. The first-order valence-corrected chi connectivity index (χ1v) is 12.1. The lowest BCUT2D eigenvalue weighted by Crippen LogP contribution is -2.13. The fourth-order valence-corrected chi connectivity index (χ4v) is 4.19. The van der Waals surface area contributed by atoms with Crippen molar-refractivity contribution in [1.29, 1.82) is 0 Å². The van der Waals surface area contributed by atoms with Crippen molar-refractivity contribution >= 4 is 44.4 Å². The number of nitrogens with one attached hydrogen (secondary N) is 1. The van der Waals surface area contributed by atoms with Crippen LogP contribution in [0, 0.1) is 0 Å². The van der Waals surface area contributed by atoms with Crippen LogP contribution in [0.4, 0.5) is 5.69 Å². The van der Waals surface area contributed by atoms with E-state index in [0.717, 1.165) is 5.41 Å². The third-order valence-corrected chi connectivity index (χ3v) is 6.13. The van der Waals surface area contributed by atoms with E-state index in [4.69, 9.17) is 30.5 Å². The van der Waals surface area contributed by atoms with Crippen molar-refractivity contribution in [1.82, 2.24) is 0 Å². The monoisotopic (exact) mass is 511 g/mol. The second-order valence-electron chi connectivity index (χ2n) is 6.99. The zero-order valence-electron chi connectivity index (χ0n) is 19.2. The molecule has 0 saturated heterocycles. The fourth-order valence-electron chi connectivity index (χ4n) is 3.02. The van der Waals surface area contributed by atoms with Crippen molar-refractivity contribution in [3.63, 3.8) is 0 Å². The van der Waals surface area contributed by atoms with Gasteiger partial charge in [0.15, 0.2) is 9.84 Å². The lowest BCUT2D eigenvalue weighted by atomic mass is 10.1. The lowest BCUT2D eigenvalue weighted by Gasteiger charge is -2.13. The number of sulfone groups is 1. The van der Waals surface area contributed by atoms with E-state index in [-0.39, 0.29) is 24.3 Å². The van der Waals surface area contributed by atoms with Crippen LogP contribution in [0.1, 0.15) is 24.0 Å². The minimum atomic E-state index is -3.72. The molecular weight excluding hydrogens is 486 g/mol. The Balaban J connectivity index is 2.27. The normalized spacial score (nSPS) is 11.2. The summed E-state index contributed by atoms with van der Waals surface area (Å²) in [5.74, 6) is 0.815. The molecule has 9 nitrogen and oxygen atoms in total. The number of amides is 1. The van der Waals surface area contributed by atoms with Crippen molar-refractivity contribution in [2.75, 3.05) is 33.8 Å². The van der Waals surface area contributed by atoms with Crippen LogP contribution in [0.3, 0.4) is 0 Å². The van der Waals surface area contributed by atoms with Crippen LogP contribution in [0.5, 0.6) is 23.0 Å². The number of ether oxygens (including phenoxy) is 4. The van der Waals surface area contributed by atoms with Crippen molar-refractivity contribution < 1.29 is 37.0 Å². The molecule has 0 aliphatic rings. The van der Waals surface area contributed by atoms with Gasteiger partial charge in [0, 0.05) is 30.4 Å². The second kappa shape index (κ2) is 12.3. The van der Waals surface area contributed by atoms with Gasteiger partial charge in [0.2, 0.25) is 11.1 Å². The number of hydrogen-bond donors (Lipinski definition) is 1. The molecule has 184 valence electrons. The molecule has 0 aromatic heterocycles. The van der Waals surface area contributed by atoms with E-state index >= 15 is 0 Å². The van der Waals surface area contributed by atoms with E-state index in [1.165, 1.54) is 40.6 Å². The maximum Gasteiger partial charge on any atom is 0.224 e. The Hall–Kier alpha value is -3.24. The number of rotatable bonds is 12. The van der Waals surface area contributed by atoms with E-state index in [2.05, 4.69) is 5.32 Å². The molecule has 0 fully saturated rings. The lowest BCUT2D eigenvalue weighted by molar-refractivity contribution is -0.119. The van der Waals surface area contributed by atoms with Crippen LogP contribution in [0.2, 0.25) is 0 Å². The molecule has 0 radical (unpaired) electrons. The number of anilines is 1. The van der Waals surface area contributed by atoms with Crippen molar-refractivity contribution in [2.45, 2.75) is 18.6 Å². The van der Waals surface area contributed by atoms with Gasteiger partial charge in [-0.1, -0.05) is 6.07 Å². The molecule has 2 rings (SSSR count). The third-order valence-electron chi connectivity index (χ3n) is 4.65. The third kappa shape index (κ3) is 7.67. The van der Waals surface area contributed by atoms with E-state index in [0.29, 0.717) is 34.1 Å². The van der Waals surface area contributed by atoms with Gasteiger partial charge in [0.05, 0.1) is 45.4 Å². The van der Waals surface area contributed by atoms with E-state index in [9.17, 15) is 18.0 Å². The summed E-state index contributed by atoms with van der Waals surface area (Å²) in [6.45, 7) is 0. The number of hydrogen-bond acceptors (Lipinski definition) is 8. The van der Waals surface area contributed by atoms with E-state index < -0.39 is 21.0 Å². The maximum absolute atomic E-state index is 12.8. The predicted octanol–water partition coefficient (Wildman–Crippen LogP) is 3.79. The van der Waals surface area contributed by atoms with Crippen LogP contribution in [0.25, 0.3) is 6.08 Å². The minimum absolute atomic E-state index is 0.109. The molecule has 1 N–H and O–H groups in total. The van der Waals surface area contributed by atoms with Gasteiger partial charge >= 0.3 is 0 Å². The van der Waals surface area contributed by atoms with Gasteiger partial charge in [-0.2, -0.15) is 0 Å². The Morgan fingerprint density at radius 3 is 2.06 bits per heavy atom. The Morgan fingerprint density at radius 1 is 0.912 bits per heavy atom. The molecule has 0 aliphatic heterocycles. The highest BCUT2D eigenvalue weighted by Crippen LogP contribution is 2.35. The van der Waals surface area contributed by atoms with Crippen LogP contribution < -0.4 is 24.3 Å². The topological polar surface area (TPSA) is 117 Å². The summed E-state index contributed by atoms with van der Waals surface area (Å²) >= 11 is 5.27.